The first kappa shape index (κ1) is 16.1. The maximum Gasteiger partial charge on any atom is 0.315 e. The minimum Gasteiger partial charge on any atom is -0.460 e. The number of urea groups is 1. The van der Waals surface area contributed by atoms with Crippen LogP contribution in [-0.2, 0) is 14.3 Å². The van der Waals surface area contributed by atoms with Crippen LogP contribution >= 0.6 is 0 Å². The monoisotopic (exact) mass is 298 g/mol. The molecule has 0 spiro atoms. The second-order valence-electron chi connectivity index (χ2n) is 5.81. The van der Waals surface area contributed by atoms with Crippen LogP contribution in [0.3, 0.4) is 0 Å². The molecular weight excluding hydrogens is 272 g/mol. The van der Waals surface area contributed by atoms with E-state index in [-0.39, 0.29) is 18.1 Å². The molecule has 2 fully saturated rings. The number of carbonyl (C=O) groups is 2. The zero-order valence-corrected chi connectivity index (χ0v) is 12.6. The Kier molecular flexibility index (Phi) is 6.79. The van der Waals surface area contributed by atoms with Gasteiger partial charge in [-0.1, -0.05) is 19.3 Å². The van der Waals surface area contributed by atoms with Gasteiger partial charge in [-0.25, -0.2) is 4.79 Å². The lowest BCUT2D eigenvalue weighted by Crippen LogP contribution is -2.43. The first-order valence-electron chi connectivity index (χ1n) is 8.05. The normalized spacial score (nSPS) is 22.8. The van der Waals surface area contributed by atoms with Crippen molar-refractivity contribution in [2.45, 2.75) is 63.5 Å². The fourth-order valence-corrected chi connectivity index (χ4v) is 2.77. The molecule has 21 heavy (non-hydrogen) atoms. The SMILES string of the molecule is O=C(NCCCC(=O)O[C@H]1CCOC1)NC1CCCCC1. The number of ether oxygens (including phenoxy) is 2. The summed E-state index contributed by atoms with van der Waals surface area (Å²) in [6.45, 7) is 1.67. The van der Waals surface area contributed by atoms with E-state index in [1.165, 1.54) is 19.3 Å². The van der Waals surface area contributed by atoms with E-state index in [4.69, 9.17) is 9.47 Å². The Hall–Kier alpha value is -1.30. The molecule has 2 N–H and O–H groups in total. The standard InChI is InChI=1S/C15H26N2O4/c18-14(21-13-8-10-20-11-13)7-4-9-16-15(19)17-12-5-2-1-3-6-12/h12-13H,1-11H2,(H2,16,17,19)/t13-/m0/s1. The Labute approximate surface area is 125 Å². The van der Waals surface area contributed by atoms with Gasteiger partial charge in [-0.2, -0.15) is 0 Å². The predicted molar refractivity (Wildman–Crippen MR) is 78.0 cm³/mol. The van der Waals surface area contributed by atoms with Crippen molar-refractivity contribution >= 4 is 12.0 Å². The Morgan fingerprint density at radius 3 is 2.67 bits per heavy atom. The highest BCUT2D eigenvalue weighted by Crippen LogP contribution is 2.17. The fourth-order valence-electron chi connectivity index (χ4n) is 2.77. The molecule has 0 aromatic rings. The van der Waals surface area contributed by atoms with Gasteiger partial charge < -0.3 is 20.1 Å². The molecule has 1 heterocycles. The summed E-state index contributed by atoms with van der Waals surface area (Å²) in [6.07, 6.45) is 7.45. The van der Waals surface area contributed by atoms with Gasteiger partial charge in [0.05, 0.1) is 13.2 Å². The summed E-state index contributed by atoms with van der Waals surface area (Å²) in [5, 5.41) is 5.78. The average molecular weight is 298 g/mol. The predicted octanol–water partition coefficient (Wildman–Crippen LogP) is 1.73. The Balaban J connectivity index is 1.48. The number of hydrogen-bond acceptors (Lipinski definition) is 4. The van der Waals surface area contributed by atoms with Crippen LogP contribution in [-0.4, -0.2) is 43.9 Å². The number of hydrogen-bond donors (Lipinski definition) is 2. The molecular formula is C15H26N2O4. The van der Waals surface area contributed by atoms with Crippen LogP contribution in [0.2, 0.25) is 0 Å². The summed E-state index contributed by atoms with van der Waals surface area (Å²) in [5.74, 6) is -0.208. The van der Waals surface area contributed by atoms with Gasteiger partial charge in [-0.05, 0) is 19.3 Å². The molecule has 0 aromatic carbocycles. The molecule has 2 amide bonds. The van der Waals surface area contributed by atoms with Crippen molar-refractivity contribution in [2.24, 2.45) is 0 Å². The largest absolute Gasteiger partial charge is 0.460 e. The van der Waals surface area contributed by atoms with Gasteiger partial charge in [0.1, 0.15) is 6.10 Å². The van der Waals surface area contributed by atoms with Gasteiger partial charge in [0.25, 0.3) is 0 Å². The van der Waals surface area contributed by atoms with Crippen LogP contribution < -0.4 is 10.6 Å². The minimum atomic E-state index is -0.208. The van der Waals surface area contributed by atoms with E-state index in [0.29, 0.717) is 38.6 Å². The first-order chi connectivity index (χ1) is 10.2. The van der Waals surface area contributed by atoms with E-state index >= 15 is 0 Å². The van der Waals surface area contributed by atoms with Gasteiger partial charge in [0, 0.05) is 25.4 Å². The van der Waals surface area contributed by atoms with Crippen LogP contribution in [0.5, 0.6) is 0 Å². The quantitative estimate of drug-likeness (QED) is 0.578. The van der Waals surface area contributed by atoms with Gasteiger partial charge >= 0.3 is 12.0 Å². The van der Waals surface area contributed by atoms with Crippen LogP contribution in [0, 0.1) is 0 Å². The molecule has 1 aliphatic carbocycles. The van der Waals surface area contributed by atoms with Crippen molar-refractivity contribution in [2.75, 3.05) is 19.8 Å². The molecule has 0 bridgehead atoms. The highest BCUT2D eigenvalue weighted by molar-refractivity contribution is 5.74. The van der Waals surface area contributed by atoms with Crippen molar-refractivity contribution in [1.29, 1.82) is 0 Å². The number of rotatable bonds is 6. The highest BCUT2D eigenvalue weighted by Gasteiger charge is 2.19. The van der Waals surface area contributed by atoms with Gasteiger partial charge in [-0.15, -0.1) is 0 Å². The molecule has 6 heteroatoms. The Morgan fingerprint density at radius 1 is 1.14 bits per heavy atom. The molecule has 2 aliphatic rings. The van der Waals surface area contributed by atoms with Gasteiger partial charge in [0.15, 0.2) is 0 Å². The lowest BCUT2D eigenvalue weighted by atomic mass is 9.96. The van der Waals surface area contributed by atoms with Crippen molar-refractivity contribution in [3.8, 4) is 0 Å². The summed E-state index contributed by atoms with van der Waals surface area (Å²) in [4.78, 5) is 23.2. The zero-order valence-electron chi connectivity index (χ0n) is 12.6. The van der Waals surface area contributed by atoms with Gasteiger partial charge in [-0.3, -0.25) is 4.79 Å². The van der Waals surface area contributed by atoms with E-state index in [1.54, 1.807) is 0 Å². The summed E-state index contributed by atoms with van der Waals surface area (Å²) < 4.78 is 10.4. The molecule has 1 saturated carbocycles. The summed E-state index contributed by atoms with van der Waals surface area (Å²) in [6, 6.07) is 0.186. The minimum absolute atomic E-state index is 0.0833. The summed E-state index contributed by atoms with van der Waals surface area (Å²) >= 11 is 0. The zero-order chi connectivity index (χ0) is 14.9. The van der Waals surface area contributed by atoms with Crippen molar-refractivity contribution in [1.82, 2.24) is 10.6 Å². The summed E-state index contributed by atoms with van der Waals surface area (Å²) in [5.41, 5.74) is 0. The van der Waals surface area contributed by atoms with Crippen LogP contribution in [0.1, 0.15) is 51.4 Å². The molecule has 0 aromatic heterocycles. The fraction of sp³-hybridized carbons (Fsp3) is 0.867. The lowest BCUT2D eigenvalue weighted by Gasteiger charge is -2.22. The number of esters is 1. The van der Waals surface area contributed by atoms with Crippen LogP contribution in [0.15, 0.2) is 0 Å². The smallest absolute Gasteiger partial charge is 0.315 e. The topological polar surface area (TPSA) is 76.7 Å². The number of nitrogens with one attached hydrogen (secondary N) is 2. The third-order valence-electron chi connectivity index (χ3n) is 3.97. The average Bonchev–Trinajstić information content (AvgIpc) is 2.97. The number of amides is 2. The lowest BCUT2D eigenvalue weighted by molar-refractivity contribution is -0.149. The second kappa shape index (κ2) is 8.87. The Morgan fingerprint density at radius 2 is 1.95 bits per heavy atom. The maximum absolute atomic E-state index is 11.7. The molecule has 0 unspecified atom stereocenters. The molecule has 6 nitrogen and oxygen atoms in total. The first-order valence-corrected chi connectivity index (χ1v) is 8.05. The van der Waals surface area contributed by atoms with Crippen molar-refractivity contribution in [3.63, 3.8) is 0 Å². The van der Waals surface area contributed by atoms with Crippen molar-refractivity contribution < 1.29 is 19.1 Å². The molecule has 1 saturated heterocycles. The summed E-state index contributed by atoms with van der Waals surface area (Å²) in [7, 11) is 0. The molecule has 2 rings (SSSR count). The van der Waals surface area contributed by atoms with E-state index in [2.05, 4.69) is 10.6 Å². The number of carbonyl (C=O) groups excluding carboxylic acids is 2. The maximum atomic E-state index is 11.7. The van der Waals surface area contributed by atoms with E-state index in [9.17, 15) is 9.59 Å². The molecule has 0 radical (unpaired) electrons. The highest BCUT2D eigenvalue weighted by atomic mass is 16.6. The molecule has 120 valence electrons. The molecule has 1 atom stereocenters. The van der Waals surface area contributed by atoms with Crippen LogP contribution in [0.4, 0.5) is 4.79 Å². The van der Waals surface area contributed by atoms with Crippen molar-refractivity contribution in [3.05, 3.63) is 0 Å². The third-order valence-corrected chi connectivity index (χ3v) is 3.97. The second-order valence-corrected chi connectivity index (χ2v) is 5.81. The van der Waals surface area contributed by atoms with E-state index in [1.807, 2.05) is 0 Å². The van der Waals surface area contributed by atoms with E-state index < -0.39 is 0 Å². The van der Waals surface area contributed by atoms with Crippen LogP contribution in [0.25, 0.3) is 0 Å². The Bertz CT molecular complexity index is 337. The molecule has 1 aliphatic heterocycles. The van der Waals surface area contributed by atoms with Gasteiger partial charge in [0.2, 0.25) is 0 Å². The third kappa shape index (κ3) is 6.33. The van der Waals surface area contributed by atoms with E-state index in [0.717, 1.165) is 19.3 Å².